The van der Waals surface area contributed by atoms with E-state index in [2.05, 4.69) is 4.98 Å². The van der Waals surface area contributed by atoms with Crippen LogP contribution in [0.25, 0.3) is 10.9 Å². The Morgan fingerprint density at radius 1 is 1.28 bits per heavy atom. The van der Waals surface area contributed by atoms with E-state index in [1.165, 1.54) is 6.07 Å². The van der Waals surface area contributed by atoms with Crippen LogP contribution in [0.5, 0.6) is 0 Å². The average Bonchev–Trinajstić information content (AvgIpc) is 2.79. The van der Waals surface area contributed by atoms with Gasteiger partial charge < -0.3 is 25.4 Å². The van der Waals surface area contributed by atoms with E-state index in [1.54, 1.807) is 18.2 Å². The van der Waals surface area contributed by atoms with Crippen LogP contribution in [0.1, 0.15) is 22.2 Å². The van der Waals surface area contributed by atoms with Gasteiger partial charge in [0.1, 0.15) is 17.9 Å². The lowest BCUT2D eigenvalue weighted by Crippen LogP contribution is -2.21. The molecule has 0 amide bonds. The lowest BCUT2D eigenvalue weighted by Gasteiger charge is -2.15. The van der Waals surface area contributed by atoms with Crippen molar-refractivity contribution < 1.29 is 25.2 Å². The highest BCUT2D eigenvalue weighted by atomic mass is 16.4. The second-order valence-electron chi connectivity index (χ2n) is 4.03. The number of hydrogen-bond acceptors (Lipinski definition) is 4. The van der Waals surface area contributed by atoms with Crippen molar-refractivity contribution in [1.82, 2.24) is 4.98 Å². The molecule has 6 heteroatoms. The van der Waals surface area contributed by atoms with E-state index in [0.29, 0.717) is 16.5 Å². The van der Waals surface area contributed by atoms with Gasteiger partial charge in [-0.15, -0.1) is 0 Å². The van der Waals surface area contributed by atoms with E-state index in [4.69, 9.17) is 10.2 Å². The molecule has 2 atom stereocenters. The van der Waals surface area contributed by atoms with Crippen molar-refractivity contribution in [3.63, 3.8) is 0 Å². The molecule has 0 saturated heterocycles. The third-order valence-electron chi connectivity index (χ3n) is 2.77. The number of aromatic carboxylic acids is 1. The number of aliphatic hydroxyl groups is 3. The van der Waals surface area contributed by atoms with Gasteiger partial charge in [-0.2, -0.15) is 0 Å². The van der Waals surface area contributed by atoms with Crippen LogP contribution in [-0.4, -0.2) is 44.1 Å². The van der Waals surface area contributed by atoms with Crippen molar-refractivity contribution in [2.45, 2.75) is 12.2 Å². The van der Waals surface area contributed by atoms with Gasteiger partial charge in [-0.3, -0.25) is 0 Å². The maximum atomic E-state index is 10.8. The van der Waals surface area contributed by atoms with Crippen LogP contribution in [0.2, 0.25) is 0 Å². The van der Waals surface area contributed by atoms with Crippen molar-refractivity contribution in [2.75, 3.05) is 6.61 Å². The first kappa shape index (κ1) is 12.6. The molecule has 1 aromatic carbocycles. The van der Waals surface area contributed by atoms with E-state index in [-0.39, 0.29) is 5.69 Å². The molecule has 2 unspecified atom stereocenters. The number of aromatic amines is 1. The molecule has 0 saturated carbocycles. The molecule has 2 rings (SSSR count). The smallest absolute Gasteiger partial charge is 0.352 e. The average molecular weight is 251 g/mol. The molecule has 0 radical (unpaired) electrons. The first-order chi connectivity index (χ1) is 8.52. The Morgan fingerprint density at radius 3 is 2.61 bits per heavy atom. The summed E-state index contributed by atoms with van der Waals surface area (Å²) in [4.78, 5) is 13.5. The van der Waals surface area contributed by atoms with Gasteiger partial charge in [0, 0.05) is 10.9 Å². The molecular formula is C12H13NO5. The summed E-state index contributed by atoms with van der Waals surface area (Å²) in [6, 6.07) is 6.24. The molecule has 0 aliphatic heterocycles. The minimum absolute atomic E-state index is 0.0550. The summed E-state index contributed by atoms with van der Waals surface area (Å²) in [6.07, 6.45) is -2.48. The SMILES string of the molecule is O=C(O)c1cc2ccc(C(O)C(O)CO)cc2[nH]1. The van der Waals surface area contributed by atoms with Crippen molar-refractivity contribution in [2.24, 2.45) is 0 Å². The lowest BCUT2D eigenvalue weighted by atomic mass is 10.0. The molecule has 0 aliphatic carbocycles. The van der Waals surface area contributed by atoms with Gasteiger partial charge in [-0.25, -0.2) is 4.79 Å². The van der Waals surface area contributed by atoms with Crippen LogP contribution >= 0.6 is 0 Å². The third-order valence-corrected chi connectivity index (χ3v) is 2.77. The van der Waals surface area contributed by atoms with Crippen LogP contribution < -0.4 is 0 Å². The van der Waals surface area contributed by atoms with Crippen LogP contribution in [-0.2, 0) is 0 Å². The van der Waals surface area contributed by atoms with E-state index < -0.39 is 24.8 Å². The number of carboxylic acids is 1. The molecule has 18 heavy (non-hydrogen) atoms. The first-order valence-electron chi connectivity index (χ1n) is 5.36. The molecule has 0 spiro atoms. The molecular weight excluding hydrogens is 238 g/mol. The van der Waals surface area contributed by atoms with Gasteiger partial charge in [-0.1, -0.05) is 12.1 Å². The van der Waals surface area contributed by atoms with E-state index in [1.807, 2.05) is 0 Å². The van der Waals surface area contributed by atoms with Crippen molar-refractivity contribution >= 4 is 16.9 Å². The fraction of sp³-hybridized carbons (Fsp3) is 0.250. The molecule has 0 aliphatic rings. The number of rotatable bonds is 4. The second-order valence-corrected chi connectivity index (χ2v) is 4.03. The van der Waals surface area contributed by atoms with Crippen molar-refractivity contribution in [3.05, 3.63) is 35.5 Å². The molecule has 0 fully saturated rings. The highest BCUT2D eigenvalue weighted by Gasteiger charge is 2.18. The molecule has 6 nitrogen and oxygen atoms in total. The van der Waals surface area contributed by atoms with Gasteiger partial charge in [0.25, 0.3) is 0 Å². The van der Waals surface area contributed by atoms with Crippen LogP contribution in [0.3, 0.4) is 0 Å². The predicted molar refractivity (Wildman–Crippen MR) is 63.3 cm³/mol. The maximum absolute atomic E-state index is 10.8. The van der Waals surface area contributed by atoms with E-state index in [9.17, 15) is 15.0 Å². The van der Waals surface area contributed by atoms with Gasteiger partial charge in [0.15, 0.2) is 0 Å². The zero-order chi connectivity index (χ0) is 13.3. The third kappa shape index (κ3) is 2.21. The maximum Gasteiger partial charge on any atom is 0.352 e. The summed E-state index contributed by atoms with van der Waals surface area (Å²) < 4.78 is 0. The quantitative estimate of drug-likeness (QED) is 0.534. The fourth-order valence-corrected chi connectivity index (χ4v) is 1.77. The number of carboxylic acid groups (broad SMARTS) is 1. The second kappa shape index (κ2) is 4.77. The number of H-pyrrole nitrogens is 1. The summed E-state index contributed by atoms with van der Waals surface area (Å²) in [5.41, 5.74) is 1.01. The Balaban J connectivity index is 2.40. The van der Waals surface area contributed by atoms with Gasteiger partial charge in [-0.05, 0) is 17.7 Å². The number of aromatic nitrogens is 1. The minimum atomic E-state index is -1.27. The highest BCUT2D eigenvalue weighted by molar-refractivity contribution is 5.93. The molecule has 0 bridgehead atoms. The number of benzene rings is 1. The normalized spacial score (nSPS) is 14.6. The largest absolute Gasteiger partial charge is 0.477 e. The highest BCUT2D eigenvalue weighted by Crippen LogP contribution is 2.23. The van der Waals surface area contributed by atoms with E-state index in [0.717, 1.165) is 0 Å². The van der Waals surface area contributed by atoms with Crippen molar-refractivity contribution in [3.8, 4) is 0 Å². The predicted octanol–water partition coefficient (Wildman–Crippen LogP) is 0.253. The van der Waals surface area contributed by atoms with Gasteiger partial charge in [0.2, 0.25) is 0 Å². The minimum Gasteiger partial charge on any atom is -0.477 e. The zero-order valence-corrected chi connectivity index (χ0v) is 9.37. The Labute approximate surface area is 102 Å². The fourth-order valence-electron chi connectivity index (χ4n) is 1.77. The number of hydrogen-bond donors (Lipinski definition) is 5. The summed E-state index contributed by atoms with van der Waals surface area (Å²) >= 11 is 0. The monoisotopic (exact) mass is 251 g/mol. The van der Waals surface area contributed by atoms with Gasteiger partial charge >= 0.3 is 5.97 Å². The number of carbonyl (C=O) groups is 1. The zero-order valence-electron chi connectivity index (χ0n) is 9.37. The summed E-state index contributed by atoms with van der Waals surface area (Å²) in [7, 11) is 0. The van der Waals surface area contributed by atoms with Gasteiger partial charge in [0.05, 0.1) is 6.61 Å². The molecule has 96 valence electrons. The van der Waals surface area contributed by atoms with Crippen LogP contribution in [0, 0.1) is 0 Å². The van der Waals surface area contributed by atoms with Crippen LogP contribution in [0.4, 0.5) is 0 Å². The Kier molecular flexibility index (Phi) is 3.33. The van der Waals surface area contributed by atoms with Crippen LogP contribution in [0.15, 0.2) is 24.3 Å². The standard InChI is InChI=1S/C12H13NO5/c14-5-10(15)11(16)7-2-1-6-3-9(12(17)18)13-8(6)4-7/h1-4,10-11,13-16H,5H2,(H,17,18). The Morgan fingerprint density at radius 2 is 2.00 bits per heavy atom. The molecule has 5 N–H and O–H groups in total. The number of nitrogens with one attached hydrogen (secondary N) is 1. The van der Waals surface area contributed by atoms with Crippen molar-refractivity contribution in [1.29, 1.82) is 0 Å². The Hall–Kier alpha value is -1.89. The molecule has 1 aromatic heterocycles. The summed E-state index contributed by atoms with van der Waals surface area (Å²) in [6.45, 7) is -0.551. The summed E-state index contributed by atoms with van der Waals surface area (Å²) in [5, 5.41) is 37.4. The number of aliphatic hydroxyl groups excluding tert-OH is 3. The summed E-state index contributed by atoms with van der Waals surface area (Å²) in [5.74, 6) is -1.07. The van der Waals surface area contributed by atoms with E-state index >= 15 is 0 Å². The topological polar surface area (TPSA) is 114 Å². The number of fused-ring (bicyclic) bond motifs is 1. The molecule has 2 aromatic rings. The molecule has 1 heterocycles. The lowest BCUT2D eigenvalue weighted by molar-refractivity contribution is -0.0152. The Bertz CT molecular complexity index is 577. The first-order valence-corrected chi connectivity index (χ1v) is 5.36.